The van der Waals surface area contributed by atoms with E-state index in [1.54, 1.807) is 24.1 Å². The molecule has 0 radical (unpaired) electrons. The number of hydrogen-bond acceptors (Lipinski definition) is 2. The molecule has 1 amide bonds. The van der Waals surface area contributed by atoms with Crippen molar-refractivity contribution in [2.75, 3.05) is 13.6 Å². The van der Waals surface area contributed by atoms with E-state index < -0.39 is 0 Å². The summed E-state index contributed by atoms with van der Waals surface area (Å²) >= 11 is 3.45. The molecule has 16 heavy (non-hydrogen) atoms. The van der Waals surface area contributed by atoms with E-state index in [1.807, 2.05) is 0 Å². The third-order valence-electron chi connectivity index (χ3n) is 2.32. The van der Waals surface area contributed by atoms with Crippen molar-refractivity contribution in [3.63, 3.8) is 0 Å². The average molecular weight is 286 g/mol. The van der Waals surface area contributed by atoms with Crippen molar-refractivity contribution in [3.05, 3.63) is 29.8 Å². The number of phenolic OH excluding ortho intramolecular Hbond substituents is 1. The summed E-state index contributed by atoms with van der Waals surface area (Å²) in [6.07, 6.45) is 0.917. The molecule has 0 spiro atoms. The highest BCUT2D eigenvalue weighted by molar-refractivity contribution is 9.09. The number of carbonyl (C=O) groups excluding carboxylic acids is 1. The molecule has 88 valence electrons. The number of carbonyl (C=O) groups is 1. The second-order valence-electron chi connectivity index (χ2n) is 3.84. The van der Waals surface area contributed by atoms with E-state index in [1.165, 1.54) is 12.1 Å². The first-order valence-electron chi connectivity index (χ1n) is 5.19. The molecule has 4 heteroatoms. The molecule has 1 unspecified atom stereocenters. The number of halogens is 1. The summed E-state index contributed by atoms with van der Waals surface area (Å²) in [5, 5.41) is 9.12. The number of alkyl halides is 1. The van der Waals surface area contributed by atoms with E-state index in [9.17, 15) is 4.79 Å². The Kier molecular flexibility index (Phi) is 4.80. The largest absolute Gasteiger partial charge is 0.508 e. The van der Waals surface area contributed by atoms with Crippen LogP contribution in [0.1, 0.15) is 23.7 Å². The number of hydrogen-bond donors (Lipinski definition) is 1. The monoisotopic (exact) mass is 285 g/mol. The van der Waals surface area contributed by atoms with Crippen LogP contribution in [0.5, 0.6) is 5.75 Å². The normalized spacial score (nSPS) is 12.2. The molecule has 0 aliphatic heterocycles. The van der Waals surface area contributed by atoms with Gasteiger partial charge in [-0.05, 0) is 30.7 Å². The molecule has 0 fully saturated rings. The van der Waals surface area contributed by atoms with Gasteiger partial charge in [-0.2, -0.15) is 0 Å². The second-order valence-corrected chi connectivity index (χ2v) is 5.41. The van der Waals surface area contributed by atoms with Crippen molar-refractivity contribution in [3.8, 4) is 5.75 Å². The Morgan fingerprint density at radius 3 is 2.50 bits per heavy atom. The topological polar surface area (TPSA) is 40.5 Å². The Bertz CT molecular complexity index is 349. The van der Waals surface area contributed by atoms with Crippen molar-refractivity contribution in [1.82, 2.24) is 4.90 Å². The lowest BCUT2D eigenvalue weighted by Crippen LogP contribution is -2.28. The van der Waals surface area contributed by atoms with Gasteiger partial charge < -0.3 is 10.0 Å². The molecule has 1 aromatic rings. The fourth-order valence-corrected chi connectivity index (χ4v) is 1.50. The fraction of sp³-hybridized carbons (Fsp3) is 0.417. The van der Waals surface area contributed by atoms with E-state index in [0.717, 1.165) is 6.42 Å². The van der Waals surface area contributed by atoms with Gasteiger partial charge in [-0.25, -0.2) is 0 Å². The molecule has 1 N–H and O–H groups in total. The van der Waals surface area contributed by atoms with Crippen LogP contribution in [-0.4, -0.2) is 34.3 Å². The lowest BCUT2D eigenvalue weighted by molar-refractivity contribution is 0.0794. The molecule has 0 aliphatic rings. The van der Waals surface area contributed by atoms with Crippen LogP contribution < -0.4 is 0 Å². The van der Waals surface area contributed by atoms with Crippen molar-refractivity contribution in [2.45, 2.75) is 18.2 Å². The van der Waals surface area contributed by atoms with E-state index in [2.05, 4.69) is 22.9 Å². The molecule has 0 aliphatic carbocycles. The predicted molar refractivity (Wildman–Crippen MR) is 68.1 cm³/mol. The molecular formula is C12H16BrNO2. The van der Waals surface area contributed by atoms with Crippen molar-refractivity contribution < 1.29 is 9.90 Å². The van der Waals surface area contributed by atoms with E-state index in [0.29, 0.717) is 16.9 Å². The van der Waals surface area contributed by atoms with Crippen molar-refractivity contribution >= 4 is 21.8 Å². The number of aromatic hydroxyl groups is 1. The van der Waals surface area contributed by atoms with Crippen LogP contribution in [0.3, 0.4) is 0 Å². The first-order chi connectivity index (χ1) is 7.50. The van der Waals surface area contributed by atoms with Crippen molar-refractivity contribution in [2.24, 2.45) is 0 Å². The molecular weight excluding hydrogens is 270 g/mol. The summed E-state index contributed by atoms with van der Waals surface area (Å²) < 4.78 is 0. The maximum absolute atomic E-state index is 11.9. The number of nitrogens with zero attached hydrogens (tertiary/aromatic N) is 1. The van der Waals surface area contributed by atoms with Crippen LogP contribution in [0.25, 0.3) is 0 Å². The van der Waals surface area contributed by atoms with Crippen LogP contribution in [0.4, 0.5) is 0 Å². The van der Waals surface area contributed by atoms with E-state index in [-0.39, 0.29) is 11.7 Å². The molecule has 0 saturated heterocycles. The SMILES string of the molecule is CC(Br)CCN(C)C(=O)c1ccc(O)cc1. The van der Waals surface area contributed by atoms with Crippen LogP contribution in [-0.2, 0) is 0 Å². The quantitative estimate of drug-likeness (QED) is 0.864. The average Bonchev–Trinajstić information content (AvgIpc) is 2.26. The summed E-state index contributed by atoms with van der Waals surface area (Å²) in [4.78, 5) is 14.0. The first kappa shape index (κ1) is 13.0. The Balaban J connectivity index is 2.60. The Morgan fingerprint density at radius 1 is 1.44 bits per heavy atom. The maximum Gasteiger partial charge on any atom is 0.253 e. The molecule has 1 aromatic carbocycles. The zero-order valence-electron chi connectivity index (χ0n) is 9.48. The van der Waals surface area contributed by atoms with Gasteiger partial charge in [0.25, 0.3) is 5.91 Å². The molecule has 0 aromatic heterocycles. The maximum atomic E-state index is 11.9. The third kappa shape index (κ3) is 3.85. The van der Waals surface area contributed by atoms with Crippen LogP contribution in [0.2, 0.25) is 0 Å². The molecule has 0 bridgehead atoms. The summed E-state index contributed by atoms with van der Waals surface area (Å²) in [5.41, 5.74) is 0.600. The summed E-state index contributed by atoms with van der Waals surface area (Å²) in [6, 6.07) is 6.31. The van der Waals surface area contributed by atoms with Gasteiger partial charge in [-0.3, -0.25) is 4.79 Å². The minimum absolute atomic E-state index is 0.0202. The number of rotatable bonds is 4. The van der Waals surface area contributed by atoms with Crippen LogP contribution in [0, 0.1) is 0 Å². The van der Waals surface area contributed by atoms with Gasteiger partial charge in [0.15, 0.2) is 0 Å². The minimum atomic E-state index is -0.0202. The van der Waals surface area contributed by atoms with E-state index in [4.69, 9.17) is 5.11 Å². The summed E-state index contributed by atoms with van der Waals surface area (Å²) in [7, 11) is 1.78. The van der Waals surface area contributed by atoms with Gasteiger partial charge in [0, 0.05) is 24.0 Å². The van der Waals surface area contributed by atoms with Crippen molar-refractivity contribution in [1.29, 1.82) is 0 Å². The predicted octanol–water partition coefficient (Wildman–Crippen LogP) is 2.64. The second kappa shape index (κ2) is 5.89. The van der Waals surface area contributed by atoms with Crippen LogP contribution >= 0.6 is 15.9 Å². The smallest absolute Gasteiger partial charge is 0.253 e. The van der Waals surface area contributed by atoms with Gasteiger partial charge in [0.2, 0.25) is 0 Å². The zero-order valence-corrected chi connectivity index (χ0v) is 11.1. The first-order valence-corrected chi connectivity index (χ1v) is 6.11. The van der Waals surface area contributed by atoms with Crippen LogP contribution in [0.15, 0.2) is 24.3 Å². The highest BCUT2D eigenvalue weighted by Crippen LogP contribution is 2.12. The van der Waals surface area contributed by atoms with E-state index >= 15 is 0 Å². The van der Waals surface area contributed by atoms with Gasteiger partial charge in [-0.1, -0.05) is 22.9 Å². The molecule has 0 heterocycles. The minimum Gasteiger partial charge on any atom is -0.508 e. The van der Waals surface area contributed by atoms with Gasteiger partial charge in [0.1, 0.15) is 5.75 Å². The number of benzene rings is 1. The van der Waals surface area contributed by atoms with Gasteiger partial charge >= 0.3 is 0 Å². The highest BCUT2D eigenvalue weighted by atomic mass is 79.9. The Hall–Kier alpha value is -1.03. The van der Waals surface area contributed by atoms with Gasteiger partial charge in [0.05, 0.1) is 0 Å². The fourth-order valence-electron chi connectivity index (χ4n) is 1.30. The Morgan fingerprint density at radius 2 is 2.00 bits per heavy atom. The third-order valence-corrected chi connectivity index (χ3v) is 2.78. The number of amides is 1. The van der Waals surface area contributed by atoms with Gasteiger partial charge in [-0.15, -0.1) is 0 Å². The zero-order chi connectivity index (χ0) is 12.1. The molecule has 3 nitrogen and oxygen atoms in total. The highest BCUT2D eigenvalue weighted by Gasteiger charge is 2.11. The lowest BCUT2D eigenvalue weighted by Gasteiger charge is -2.17. The lowest BCUT2D eigenvalue weighted by atomic mass is 10.2. The Labute approximate surface area is 104 Å². The standard InChI is InChI=1S/C12H16BrNO2/c1-9(13)7-8-14(2)12(16)10-3-5-11(15)6-4-10/h3-6,9,15H,7-8H2,1-2H3. The summed E-state index contributed by atoms with van der Waals surface area (Å²) in [6.45, 7) is 2.77. The number of phenols is 1. The molecule has 0 saturated carbocycles. The molecule has 1 atom stereocenters. The summed E-state index contributed by atoms with van der Waals surface area (Å²) in [5.74, 6) is 0.154. The molecule has 1 rings (SSSR count).